The number of carbonyl (C=O) groups is 1. The van der Waals surface area contributed by atoms with Gasteiger partial charge in [-0.3, -0.25) is 9.69 Å². The summed E-state index contributed by atoms with van der Waals surface area (Å²) < 4.78 is 32.1. The molecule has 1 amide bonds. The summed E-state index contributed by atoms with van der Waals surface area (Å²) in [5, 5.41) is 2.93. The van der Waals surface area contributed by atoms with Gasteiger partial charge in [0, 0.05) is 19.2 Å². The van der Waals surface area contributed by atoms with Crippen LogP contribution in [0.2, 0.25) is 0 Å². The minimum atomic E-state index is -3.73. The number of rotatable bonds is 9. The van der Waals surface area contributed by atoms with Gasteiger partial charge in [-0.05, 0) is 51.1 Å². The Morgan fingerprint density at radius 1 is 1.13 bits per heavy atom. The molecule has 0 aromatic heterocycles. The average Bonchev–Trinajstić information content (AvgIpc) is 3.29. The molecule has 0 bridgehead atoms. The number of likely N-dealkylation sites (N-methyl/N-ethyl adjacent to an activating group) is 1. The minimum Gasteiger partial charge on any atom is -0.496 e. The van der Waals surface area contributed by atoms with Crippen molar-refractivity contribution < 1.29 is 17.9 Å². The van der Waals surface area contributed by atoms with Crippen LogP contribution in [0.5, 0.6) is 5.75 Å². The molecule has 0 unspecified atom stereocenters. The van der Waals surface area contributed by atoms with Crippen molar-refractivity contribution >= 4 is 15.9 Å². The molecule has 0 radical (unpaired) electrons. The molecule has 2 aromatic rings. The number of nitrogens with one attached hydrogen (secondary N) is 1. The first-order valence-electron chi connectivity index (χ1n) is 10.5. The lowest BCUT2D eigenvalue weighted by Gasteiger charge is -2.29. The summed E-state index contributed by atoms with van der Waals surface area (Å²) in [6.45, 7) is 3.96. The largest absolute Gasteiger partial charge is 0.496 e. The summed E-state index contributed by atoms with van der Waals surface area (Å²) in [5.41, 5.74) is 2.00. The number of likely N-dealkylation sites (tertiary alicyclic amines) is 1. The number of ether oxygens (including phenoxy) is 1. The number of benzene rings is 2. The number of para-hydroxylation sites is 1. The van der Waals surface area contributed by atoms with E-state index in [0.717, 1.165) is 47.1 Å². The predicted octanol–water partition coefficient (Wildman–Crippen LogP) is 2.58. The number of nitrogens with zero attached hydrogens (tertiary/aromatic N) is 2. The molecule has 1 aliphatic heterocycles. The van der Waals surface area contributed by atoms with E-state index < -0.39 is 10.0 Å². The fourth-order valence-corrected chi connectivity index (χ4v) is 5.00. The first-order valence-corrected chi connectivity index (χ1v) is 11.9. The second-order valence-electron chi connectivity index (χ2n) is 7.88. The minimum absolute atomic E-state index is 0.0263. The second kappa shape index (κ2) is 10.3. The third kappa shape index (κ3) is 5.64. The van der Waals surface area contributed by atoms with Gasteiger partial charge in [0.05, 0.1) is 24.6 Å². The normalized spacial score (nSPS) is 15.7. The van der Waals surface area contributed by atoms with E-state index in [4.69, 9.17) is 4.74 Å². The third-order valence-corrected chi connectivity index (χ3v) is 7.48. The van der Waals surface area contributed by atoms with Crippen LogP contribution in [0.3, 0.4) is 0 Å². The topological polar surface area (TPSA) is 79.0 Å². The lowest BCUT2D eigenvalue weighted by molar-refractivity contribution is -0.121. The van der Waals surface area contributed by atoms with Crippen molar-refractivity contribution in [3.8, 4) is 5.75 Å². The van der Waals surface area contributed by atoms with Gasteiger partial charge in [-0.1, -0.05) is 35.9 Å². The monoisotopic (exact) mass is 445 g/mol. The number of hydrogen-bond donors (Lipinski definition) is 1. The Morgan fingerprint density at radius 3 is 2.42 bits per heavy atom. The maximum Gasteiger partial charge on any atom is 0.243 e. The SMILES string of the molecule is COc1ccccc1[C@@H](CNC(=O)CN(C)S(=O)(=O)c1ccc(C)cc1)N1CCCC1. The Bertz CT molecular complexity index is 986. The quantitative estimate of drug-likeness (QED) is 0.642. The molecule has 0 aliphatic carbocycles. The zero-order chi connectivity index (χ0) is 22.4. The Morgan fingerprint density at radius 2 is 1.77 bits per heavy atom. The van der Waals surface area contributed by atoms with E-state index in [9.17, 15) is 13.2 Å². The summed E-state index contributed by atoms with van der Waals surface area (Å²) in [6.07, 6.45) is 2.24. The Labute approximate surface area is 185 Å². The standard InChI is InChI=1S/C23H31N3O4S/c1-18-10-12-19(13-11-18)31(28,29)25(2)17-23(27)24-16-21(26-14-6-7-15-26)20-8-4-5-9-22(20)30-3/h4-5,8-13,21H,6-7,14-17H2,1-3H3,(H,24,27)/t21-/m1/s1. The van der Waals surface area contributed by atoms with Gasteiger partial charge in [0.25, 0.3) is 0 Å². The van der Waals surface area contributed by atoms with Crippen LogP contribution in [0, 0.1) is 6.92 Å². The Hall–Kier alpha value is -2.42. The molecular weight excluding hydrogens is 414 g/mol. The summed E-state index contributed by atoms with van der Waals surface area (Å²) in [7, 11) is -0.660. The highest BCUT2D eigenvalue weighted by Crippen LogP contribution is 2.31. The molecule has 1 atom stereocenters. The molecule has 7 nitrogen and oxygen atoms in total. The lowest BCUT2D eigenvalue weighted by Crippen LogP contribution is -2.42. The van der Waals surface area contributed by atoms with Crippen molar-refractivity contribution in [2.45, 2.75) is 30.7 Å². The molecule has 0 spiro atoms. The highest BCUT2D eigenvalue weighted by Gasteiger charge is 2.27. The summed E-state index contributed by atoms with van der Waals surface area (Å²) in [4.78, 5) is 15.1. The van der Waals surface area contributed by atoms with Crippen molar-refractivity contribution in [1.29, 1.82) is 0 Å². The van der Waals surface area contributed by atoms with Gasteiger partial charge in [-0.2, -0.15) is 4.31 Å². The molecule has 1 heterocycles. The first-order chi connectivity index (χ1) is 14.8. The molecule has 2 aromatic carbocycles. The van der Waals surface area contributed by atoms with Crippen molar-refractivity contribution in [2.24, 2.45) is 0 Å². The van der Waals surface area contributed by atoms with E-state index in [-0.39, 0.29) is 23.4 Å². The van der Waals surface area contributed by atoms with E-state index in [1.165, 1.54) is 7.05 Å². The van der Waals surface area contributed by atoms with Crippen molar-refractivity contribution in [2.75, 3.05) is 40.3 Å². The van der Waals surface area contributed by atoms with Crippen LogP contribution in [-0.4, -0.2) is 63.9 Å². The molecule has 1 fully saturated rings. The Kier molecular flexibility index (Phi) is 7.69. The first kappa shape index (κ1) is 23.2. The summed E-state index contributed by atoms with van der Waals surface area (Å²) in [5.74, 6) is 0.449. The number of amides is 1. The van der Waals surface area contributed by atoms with Gasteiger partial charge < -0.3 is 10.1 Å². The molecule has 0 saturated carbocycles. The molecule has 8 heteroatoms. The third-order valence-electron chi connectivity index (χ3n) is 5.67. The van der Waals surface area contributed by atoms with Crippen LogP contribution in [-0.2, 0) is 14.8 Å². The molecule has 1 N–H and O–H groups in total. The van der Waals surface area contributed by atoms with E-state index in [2.05, 4.69) is 10.2 Å². The van der Waals surface area contributed by atoms with Crippen molar-refractivity contribution in [1.82, 2.24) is 14.5 Å². The van der Waals surface area contributed by atoms with Gasteiger partial charge in [0.1, 0.15) is 5.75 Å². The zero-order valence-corrected chi connectivity index (χ0v) is 19.2. The van der Waals surface area contributed by atoms with Gasteiger partial charge >= 0.3 is 0 Å². The number of methoxy groups -OCH3 is 1. The molecule has 31 heavy (non-hydrogen) atoms. The Balaban J connectivity index is 1.67. The van der Waals surface area contributed by atoms with Crippen LogP contribution in [0.15, 0.2) is 53.4 Å². The molecule has 1 saturated heterocycles. The van der Waals surface area contributed by atoms with Gasteiger partial charge in [0.15, 0.2) is 0 Å². The molecule has 168 valence electrons. The van der Waals surface area contributed by atoms with E-state index in [1.54, 1.807) is 31.4 Å². The van der Waals surface area contributed by atoms with Gasteiger partial charge in [-0.15, -0.1) is 0 Å². The smallest absolute Gasteiger partial charge is 0.243 e. The number of sulfonamides is 1. The maximum atomic E-state index is 12.8. The van der Waals surface area contributed by atoms with Crippen LogP contribution >= 0.6 is 0 Å². The van der Waals surface area contributed by atoms with Gasteiger partial charge in [-0.25, -0.2) is 8.42 Å². The highest BCUT2D eigenvalue weighted by molar-refractivity contribution is 7.89. The number of hydrogen-bond acceptors (Lipinski definition) is 5. The molecular formula is C23H31N3O4S. The zero-order valence-electron chi connectivity index (χ0n) is 18.4. The molecule has 1 aliphatic rings. The summed E-state index contributed by atoms with van der Waals surface area (Å²) >= 11 is 0. The van der Waals surface area contributed by atoms with Gasteiger partial charge in [0.2, 0.25) is 15.9 Å². The van der Waals surface area contributed by atoms with Crippen LogP contribution in [0.25, 0.3) is 0 Å². The lowest BCUT2D eigenvalue weighted by atomic mass is 10.0. The average molecular weight is 446 g/mol. The van der Waals surface area contributed by atoms with E-state index in [0.29, 0.717) is 6.54 Å². The fraction of sp³-hybridized carbons (Fsp3) is 0.435. The summed E-state index contributed by atoms with van der Waals surface area (Å²) in [6, 6.07) is 14.4. The van der Waals surface area contributed by atoms with Crippen LogP contribution < -0.4 is 10.1 Å². The highest BCUT2D eigenvalue weighted by atomic mass is 32.2. The fourth-order valence-electron chi connectivity index (χ4n) is 3.87. The van der Waals surface area contributed by atoms with Crippen LogP contribution in [0.4, 0.5) is 0 Å². The van der Waals surface area contributed by atoms with E-state index >= 15 is 0 Å². The maximum absolute atomic E-state index is 12.8. The predicted molar refractivity (Wildman–Crippen MR) is 121 cm³/mol. The number of aryl methyl sites for hydroxylation is 1. The second-order valence-corrected chi connectivity index (χ2v) is 9.92. The van der Waals surface area contributed by atoms with Crippen LogP contribution in [0.1, 0.15) is 30.0 Å². The van der Waals surface area contributed by atoms with Crippen molar-refractivity contribution in [3.05, 3.63) is 59.7 Å². The van der Waals surface area contributed by atoms with E-state index in [1.807, 2.05) is 31.2 Å². The number of carbonyl (C=O) groups excluding carboxylic acids is 1. The van der Waals surface area contributed by atoms with Crippen molar-refractivity contribution in [3.63, 3.8) is 0 Å². The molecule has 3 rings (SSSR count).